The molecule has 1 aliphatic carbocycles. The molecule has 4 N–H and O–H groups in total. The number of nitrogens with zero attached hydrogens (tertiary/aromatic N) is 1. The van der Waals surface area contributed by atoms with Crippen LogP contribution in [-0.2, 0) is 27.4 Å². The van der Waals surface area contributed by atoms with Gasteiger partial charge in [0.2, 0.25) is 17.7 Å². The van der Waals surface area contributed by atoms with Crippen molar-refractivity contribution >= 4 is 43.0 Å². The van der Waals surface area contributed by atoms with Gasteiger partial charge in [-0.15, -0.1) is 0 Å². The van der Waals surface area contributed by atoms with E-state index in [1.807, 2.05) is 60.7 Å². The first-order chi connectivity index (χ1) is 24.1. The fraction of sp³-hybridized carbons (Fsp3) is 0.432. The van der Waals surface area contributed by atoms with Crippen LogP contribution >= 0.6 is 0 Å². The van der Waals surface area contributed by atoms with Crippen molar-refractivity contribution in [3.63, 3.8) is 0 Å². The topological polar surface area (TPSA) is 149 Å². The Morgan fingerprint density at radius 1 is 0.940 bits per heavy atom. The minimum atomic E-state index is -2.78. The SMILES string of the molecule is N#C[C@H](C[Si]1CCCNC1=O)NC(=O)C(CC1CCC(F)(F)CC1)NC(=O)[C@H](Cc1cccc2ccccc12)NC(=O)OCc1ccccc1. The summed E-state index contributed by atoms with van der Waals surface area (Å²) in [7, 11) is -1.59. The first kappa shape index (κ1) is 36.4. The van der Waals surface area contributed by atoms with Gasteiger partial charge in [-0.25, -0.2) is 13.6 Å². The van der Waals surface area contributed by atoms with Crippen LogP contribution in [0, 0.1) is 17.2 Å². The van der Waals surface area contributed by atoms with Crippen LogP contribution in [0.3, 0.4) is 0 Å². The smallest absolute Gasteiger partial charge is 0.408 e. The Hall–Kier alpha value is -4.83. The van der Waals surface area contributed by atoms with Crippen LogP contribution in [-0.4, -0.2) is 62.8 Å². The third-order valence-corrected chi connectivity index (χ3v) is 12.0. The molecule has 3 aromatic rings. The van der Waals surface area contributed by atoms with E-state index in [1.165, 1.54) is 0 Å². The molecular weight excluding hydrogens is 661 g/mol. The maximum absolute atomic E-state index is 14.1. The normalized spacial score (nSPS) is 18.1. The average molecular weight is 703 g/mol. The Labute approximate surface area is 291 Å². The molecule has 13 heteroatoms. The highest BCUT2D eigenvalue weighted by atomic mass is 28.3. The molecule has 1 heterocycles. The second-order valence-corrected chi connectivity index (χ2v) is 15.6. The highest BCUT2D eigenvalue weighted by Gasteiger charge is 2.38. The molecule has 50 heavy (non-hydrogen) atoms. The van der Waals surface area contributed by atoms with E-state index in [4.69, 9.17) is 4.74 Å². The van der Waals surface area contributed by atoms with Crippen LogP contribution in [0.1, 0.15) is 49.7 Å². The number of hydrogen-bond acceptors (Lipinski definition) is 6. The lowest BCUT2D eigenvalue weighted by Crippen LogP contribution is -2.56. The van der Waals surface area contributed by atoms with Crippen molar-refractivity contribution < 1.29 is 32.7 Å². The lowest BCUT2D eigenvalue weighted by Gasteiger charge is -2.31. The van der Waals surface area contributed by atoms with E-state index in [0.29, 0.717) is 12.6 Å². The summed E-state index contributed by atoms with van der Waals surface area (Å²) in [5.74, 6) is -4.36. The van der Waals surface area contributed by atoms with Crippen molar-refractivity contribution in [2.45, 2.75) is 87.7 Å². The Morgan fingerprint density at radius 3 is 2.38 bits per heavy atom. The molecule has 10 nitrogen and oxygen atoms in total. The van der Waals surface area contributed by atoms with Gasteiger partial charge in [-0.1, -0.05) is 72.8 Å². The summed E-state index contributed by atoms with van der Waals surface area (Å²) < 4.78 is 33.4. The van der Waals surface area contributed by atoms with Gasteiger partial charge >= 0.3 is 6.09 Å². The first-order valence-corrected chi connectivity index (χ1v) is 19.0. The van der Waals surface area contributed by atoms with Gasteiger partial charge in [0.25, 0.3) is 0 Å². The number of ether oxygens (including phenoxy) is 1. The average Bonchev–Trinajstić information content (AvgIpc) is 3.12. The molecule has 263 valence electrons. The predicted octanol–water partition coefficient (Wildman–Crippen LogP) is 5.58. The van der Waals surface area contributed by atoms with E-state index in [1.54, 1.807) is 12.1 Å². The molecule has 2 fully saturated rings. The fourth-order valence-electron chi connectivity index (χ4n) is 6.56. The second-order valence-electron chi connectivity index (χ2n) is 13.1. The second kappa shape index (κ2) is 17.2. The van der Waals surface area contributed by atoms with Gasteiger partial charge in [-0.05, 0) is 65.6 Å². The van der Waals surface area contributed by atoms with E-state index >= 15 is 0 Å². The third-order valence-electron chi connectivity index (χ3n) is 9.35. The number of alkyl halides is 2. The number of nitriles is 1. The molecule has 3 aromatic carbocycles. The molecule has 1 aliphatic heterocycles. The van der Waals surface area contributed by atoms with Crippen molar-refractivity contribution in [1.29, 1.82) is 5.26 Å². The molecule has 1 saturated carbocycles. The molecule has 1 unspecified atom stereocenters. The minimum absolute atomic E-state index is 0.0242. The van der Waals surface area contributed by atoms with E-state index < -0.39 is 50.8 Å². The lowest BCUT2D eigenvalue weighted by atomic mass is 9.82. The van der Waals surface area contributed by atoms with Gasteiger partial charge in [0.1, 0.15) is 24.7 Å². The van der Waals surface area contributed by atoms with Gasteiger partial charge in [0.15, 0.2) is 14.3 Å². The van der Waals surface area contributed by atoms with E-state index in [-0.39, 0.29) is 62.6 Å². The van der Waals surface area contributed by atoms with Gasteiger partial charge in [0, 0.05) is 25.8 Å². The molecule has 4 amide bonds. The van der Waals surface area contributed by atoms with Gasteiger partial charge < -0.3 is 26.0 Å². The number of fused-ring (bicyclic) bond motifs is 1. The maximum Gasteiger partial charge on any atom is 0.408 e. The summed E-state index contributed by atoms with van der Waals surface area (Å²) >= 11 is 0. The first-order valence-electron chi connectivity index (χ1n) is 17.0. The van der Waals surface area contributed by atoms with Crippen LogP contribution in [0.15, 0.2) is 72.8 Å². The van der Waals surface area contributed by atoms with Gasteiger partial charge in [-0.3, -0.25) is 14.4 Å². The van der Waals surface area contributed by atoms with E-state index in [2.05, 4.69) is 27.3 Å². The molecule has 1 radical (unpaired) electrons. The van der Waals surface area contributed by atoms with Gasteiger partial charge in [0.05, 0.1) is 6.07 Å². The summed E-state index contributed by atoms with van der Waals surface area (Å²) in [5.41, 5.74) is 1.46. The number of alkyl carbamates (subject to hydrolysis) is 1. The van der Waals surface area contributed by atoms with Crippen LogP contribution in [0.5, 0.6) is 0 Å². The van der Waals surface area contributed by atoms with Crippen LogP contribution in [0.2, 0.25) is 12.1 Å². The minimum Gasteiger partial charge on any atom is -0.445 e. The van der Waals surface area contributed by atoms with Crippen LogP contribution in [0.25, 0.3) is 10.8 Å². The molecule has 2 aliphatic rings. The fourth-order valence-corrected chi connectivity index (χ4v) is 8.85. The Bertz CT molecular complexity index is 1690. The number of carbonyl (C=O) groups excluding carboxylic acids is 4. The summed E-state index contributed by atoms with van der Waals surface area (Å²) in [5, 5.41) is 22.7. The summed E-state index contributed by atoms with van der Waals surface area (Å²) in [6.07, 6.45) is -0.182. The zero-order valence-electron chi connectivity index (χ0n) is 27.8. The number of rotatable bonds is 13. The van der Waals surface area contributed by atoms with E-state index in [0.717, 1.165) is 28.3 Å². The van der Waals surface area contributed by atoms with Crippen molar-refractivity contribution in [3.05, 3.63) is 83.9 Å². The number of halogens is 2. The molecule has 0 bridgehead atoms. The number of nitrogens with one attached hydrogen (secondary N) is 4. The summed E-state index contributed by atoms with van der Waals surface area (Å²) in [6, 6.07) is 22.0. The van der Waals surface area contributed by atoms with Crippen molar-refractivity contribution in [2.75, 3.05) is 6.54 Å². The molecule has 5 rings (SSSR count). The van der Waals surface area contributed by atoms with Crippen molar-refractivity contribution in [2.24, 2.45) is 5.92 Å². The summed E-state index contributed by atoms with van der Waals surface area (Å²) in [4.78, 5) is 53.3. The highest BCUT2D eigenvalue weighted by Crippen LogP contribution is 2.38. The monoisotopic (exact) mass is 702 g/mol. The largest absolute Gasteiger partial charge is 0.445 e. The Balaban J connectivity index is 1.35. The van der Waals surface area contributed by atoms with Crippen molar-refractivity contribution in [1.82, 2.24) is 21.3 Å². The Kier molecular flexibility index (Phi) is 12.5. The van der Waals surface area contributed by atoms with Gasteiger partial charge in [-0.2, -0.15) is 5.26 Å². The Morgan fingerprint density at radius 2 is 1.64 bits per heavy atom. The van der Waals surface area contributed by atoms with Crippen LogP contribution in [0.4, 0.5) is 18.4 Å². The zero-order chi connectivity index (χ0) is 35.5. The zero-order valence-corrected chi connectivity index (χ0v) is 28.8. The van der Waals surface area contributed by atoms with Crippen molar-refractivity contribution in [3.8, 4) is 6.07 Å². The molecule has 0 spiro atoms. The molecule has 3 atom stereocenters. The number of hydrogen-bond donors (Lipinski definition) is 4. The molecule has 0 aromatic heterocycles. The summed E-state index contributed by atoms with van der Waals surface area (Å²) in [6.45, 7) is 0.558. The van der Waals surface area contributed by atoms with E-state index in [9.17, 15) is 33.2 Å². The number of benzene rings is 3. The molecular formula is C37H42F2N5O5Si. The highest BCUT2D eigenvalue weighted by molar-refractivity contribution is 6.90. The quantitative estimate of drug-likeness (QED) is 0.171. The lowest BCUT2D eigenvalue weighted by molar-refractivity contribution is -0.130. The molecule has 1 saturated heterocycles. The third kappa shape index (κ3) is 10.3. The maximum atomic E-state index is 14.1. The van der Waals surface area contributed by atoms with Crippen LogP contribution < -0.4 is 21.3 Å². The predicted molar refractivity (Wildman–Crippen MR) is 186 cm³/mol. The standard InChI is InChI=1S/C37H42F2N5O5Si/c38-37(39)16-14-25(15-17-37)20-31(33(45)42-29(22-40)24-50-19-7-18-41-36(50)48)43-34(46)32(44-35(47)49-23-26-8-2-1-3-9-26)21-28-12-6-11-27-10-4-5-13-30(27)28/h1-6,8-13,25,29,31-32H,7,14-21,23-24H2,(H,41,48)(H,42,45)(H,43,46)(H,44,47)/t29-,31?,32+/m1/s1. The number of amides is 4. The number of carbonyl (C=O) groups is 4.